The number of benzene rings is 2. The molecule has 1 aliphatic rings. The monoisotopic (exact) mass is 402 g/mol. The molecule has 7 heteroatoms. The Morgan fingerprint density at radius 1 is 1.18 bits per heavy atom. The molecule has 1 aliphatic carbocycles. The van der Waals surface area contributed by atoms with Crippen LogP contribution in [0.1, 0.15) is 43.5 Å². The van der Waals surface area contributed by atoms with Crippen LogP contribution < -0.4 is 5.32 Å². The number of halogens is 1. The van der Waals surface area contributed by atoms with E-state index in [0.29, 0.717) is 21.6 Å². The number of nitro benzene ring substituents is 1. The van der Waals surface area contributed by atoms with E-state index in [1.54, 1.807) is 24.3 Å². The fourth-order valence-corrected chi connectivity index (χ4v) is 4.45. The molecular weight excluding hydrogens is 379 g/mol. The molecule has 1 saturated carbocycles. The van der Waals surface area contributed by atoms with Crippen molar-refractivity contribution in [2.24, 2.45) is 11.8 Å². The van der Waals surface area contributed by atoms with Crippen LogP contribution in [0, 0.1) is 27.8 Å². The molecule has 28 heavy (non-hydrogen) atoms. The minimum absolute atomic E-state index is 0.0866. The van der Waals surface area contributed by atoms with Crippen LogP contribution in [0.2, 0.25) is 0 Å². The van der Waals surface area contributed by atoms with Gasteiger partial charge in [-0.3, -0.25) is 14.9 Å². The zero-order valence-corrected chi connectivity index (χ0v) is 16.7. The van der Waals surface area contributed by atoms with Crippen molar-refractivity contribution in [3.63, 3.8) is 0 Å². The molecule has 0 spiro atoms. The Morgan fingerprint density at radius 3 is 2.57 bits per heavy atom. The van der Waals surface area contributed by atoms with E-state index in [9.17, 15) is 19.3 Å². The Hall–Kier alpha value is -2.41. The van der Waals surface area contributed by atoms with Crippen molar-refractivity contribution in [3.8, 4) is 0 Å². The van der Waals surface area contributed by atoms with Gasteiger partial charge in [-0.15, -0.1) is 0 Å². The van der Waals surface area contributed by atoms with Gasteiger partial charge in [0.2, 0.25) is 0 Å². The lowest BCUT2D eigenvalue weighted by Crippen LogP contribution is -2.43. The Labute approximate surface area is 167 Å². The Balaban J connectivity index is 1.79. The summed E-state index contributed by atoms with van der Waals surface area (Å²) >= 11 is 1.17. The number of nitro groups is 1. The SMILES string of the molecule is C[C@H]1[C@H](C)CCC[C@H]1NC(=O)c1ccc(Sc2ccc(F)cc2)c([N+](=O)[O-])c1. The first kappa shape index (κ1) is 20.3. The van der Waals surface area contributed by atoms with E-state index in [1.807, 2.05) is 0 Å². The predicted octanol–water partition coefficient (Wildman–Crippen LogP) is 5.44. The summed E-state index contributed by atoms with van der Waals surface area (Å²) in [6.07, 6.45) is 3.16. The van der Waals surface area contributed by atoms with E-state index >= 15 is 0 Å². The van der Waals surface area contributed by atoms with Crippen LogP contribution in [0.15, 0.2) is 52.3 Å². The van der Waals surface area contributed by atoms with E-state index in [4.69, 9.17) is 0 Å². The second-order valence-electron chi connectivity index (χ2n) is 7.34. The van der Waals surface area contributed by atoms with Crippen molar-refractivity contribution in [2.75, 3.05) is 0 Å². The molecule has 0 aliphatic heterocycles. The largest absolute Gasteiger partial charge is 0.349 e. The quantitative estimate of drug-likeness (QED) is 0.534. The van der Waals surface area contributed by atoms with Gasteiger partial charge in [0.25, 0.3) is 11.6 Å². The predicted molar refractivity (Wildman–Crippen MR) is 107 cm³/mol. The van der Waals surface area contributed by atoms with E-state index in [-0.39, 0.29) is 29.0 Å². The van der Waals surface area contributed by atoms with Crippen LogP contribution in [-0.2, 0) is 0 Å². The molecule has 1 amide bonds. The molecule has 0 aromatic heterocycles. The molecule has 0 saturated heterocycles. The minimum atomic E-state index is -0.492. The van der Waals surface area contributed by atoms with E-state index in [1.165, 1.54) is 30.0 Å². The second kappa shape index (κ2) is 8.73. The van der Waals surface area contributed by atoms with Crippen LogP contribution in [0.25, 0.3) is 0 Å². The van der Waals surface area contributed by atoms with E-state index < -0.39 is 4.92 Å². The summed E-state index contributed by atoms with van der Waals surface area (Å²) in [7, 11) is 0. The van der Waals surface area contributed by atoms with Crippen LogP contribution in [0.4, 0.5) is 10.1 Å². The average Bonchev–Trinajstić information content (AvgIpc) is 2.67. The molecule has 1 N–H and O–H groups in total. The van der Waals surface area contributed by atoms with Gasteiger partial charge in [0.1, 0.15) is 5.82 Å². The highest BCUT2D eigenvalue weighted by atomic mass is 32.2. The first-order valence-corrected chi connectivity index (χ1v) is 10.2. The maximum atomic E-state index is 13.1. The number of hydrogen-bond acceptors (Lipinski definition) is 4. The highest BCUT2D eigenvalue weighted by molar-refractivity contribution is 7.99. The lowest BCUT2D eigenvalue weighted by atomic mass is 9.78. The maximum absolute atomic E-state index is 13.1. The van der Waals surface area contributed by atoms with Crippen molar-refractivity contribution < 1.29 is 14.1 Å². The zero-order chi connectivity index (χ0) is 20.3. The minimum Gasteiger partial charge on any atom is -0.349 e. The number of nitrogens with zero attached hydrogens (tertiary/aromatic N) is 1. The molecule has 2 aromatic carbocycles. The molecule has 2 aromatic rings. The first-order chi connectivity index (χ1) is 13.3. The van der Waals surface area contributed by atoms with Gasteiger partial charge in [-0.05, 0) is 54.7 Å². The summed E-state index contributed by atoms with van der Waals surface area (Å²) in [5.41, 5.74) is 0.146. The Bertz CT molecular complexity index is 872. The summed E-state index contributed by atoms with van der Waals surface area (Å²) in [6.45, 7) is 4.33. The molecule has 3 rings (SSSR count). The molecule has 5 nitrogen and oxygen atoms in total. The van der Waals surface area contributed by atoms with Gasteiger partial charge in [0.15, 0.2) is 0 Å². The number of carbonyl (C=O) groups is 1. The van der Waals surface area contributed by atoms with Crippen LogP contribution >= 0.6 is 11.8 Å². The third kappa shape index (κ3) is 4.70. The molecule has 0 bridgehead atoms. The summed E-state index contributed by atoms with van der Waals surface area (Å²) in [4.78, 5) is 24.8. The number of rotatable bonds is 5. The third-order valence-corrected chi connectivity index (χ3v) is 6.56. The van der Waals surface area contributed by atoms with Gasteiger partial charge < -0.3 is 5.32 Å². The molecule has 3 atom stereocenters. The topological polar surface area (TPSA) is 72.2 Å². The molecule has 0 unspecified atom stereocenters. The molecule has 0 radical (unpaired) electrons. The van der Waals surface area contributed by atoms with Crippen molar-refractivity contribution >= 4 is 23.4 Å². The molecule has 148 valence electrons. The highest BCUT2D eigenvalue weighted by Gasteiger charge is 2.29. The number of amides is 1. The van der Waals surface area contributed by atoms with Crippen molar-refractivity contribution in [1.29, 1.82) is 0 Å². The molecular formula is C21H23FN2O3S. The highest BCUT2D eigenvalue weighted by Crippen LogP contribution is 2.36. The van der Waals surface area contributed by atoms with Crippen molar-refractivity contribution in [1.82, 2.24) is 5.32 Å². The van der Waals surface area contributed by atoms with Gasteiger partial charge in [-0.2, -0.15) is 0 Å². The standard InChI is InChI=1S/C21H23FN2O3S/c1-13-4-3-5-18(14(13)2)23-21(25)15-6-11-20(19(12-15)24(26)27)28-17-9-7-16(22)8-10-17/h6-14,18H,3-5H2,1-2H3,(H,23,25)/t13-,14+,18-/m1/s1. The summed E-state index contributed by atoms with van der Waals surface area (Å²) < 4.78 is 13.1. The van der Waals surface area contributed by atoms with E-state index in [2.05, 4.69) is 19.2 Å². The van der Waals surface area contributed by atoms with Gasteiger partial charge >= 0.3 is 0 Å². The van der Waals surface area contributed by atoms with Gasteiger partial charge in [-0.25, -0.2) is 4.39 Å². The van der Waals surface area contributed by atoms with Crippen LogP contribution in [0.3, 0.4) is 0 Å². The van der Waals surface area contributed by atoms with Gasteiger partial charge in [0, 0.05) is 22.6 Å². The fourth-order valence-electron chi connectivity index (χ4n) is 3.55. The van der Waals surface area contributed by atoms with Crippen LogP contribution in [0.5, 0.6) is 0 Å². The Morgan fingerprint density at radius 2 is 1.89 bits per heavy atom. The van der Waals surface area contributed by atoms with Crippen molar-refractivity contribution in [3.05, 3.63) is 64.0 Å². The first-order valence-electron chi connectivity index (χ1n) is 9.38. The molecule has 0 heterocycles. The molecule has 1 fully saturated rings. The van der Waals surface area contributed by atoms with Crippen molar-refractivity contribution in [2.45, 2.75) is 48.9 Å². The third-order valence-electron chi connectivity index (χ3n) is 5.48. The lowest BCUT2D eigenvalue weighted by Gasteiger charge is -2.34. The maximum Gasteiger partial charge on any atom is 0.284 e. The number of hydrogen-bond donors (Lipinski definition) is 1. The summed E-state index contributed by atoms with van der Waals surface area (Å²) in [5, 5.41) is 14.6. The second-order valence-corrected chi connectivity index (χ2v) is 8.46. The van der Waals surface area contributed by atoms with Crippen LogP contribution in [-0.4, -0.2) is 16.9 Å². The fraction of sp³-hybridized carbons (Fsp3) is 0.381. The smallest absolute Gasteiger partial charge is 0.284 e. The summed E-state index contributed by atoms with van der Waals surface area (Å²) in [6, 6.07) is 10.3. The summed E-state index contributed by atoms with van der Waals surface area (Å²) in [5.74, 6) is 0.272. The number of nitrogens with one attached hydrogen (secondary N) is 1. The van der Waals surface area contributed by atoms with E-state index in [0.717, 1.165) is 19.3 Å². The average molecular weight is 402 g/mol. The lowest BCUT2D eigenvalue weighted by molar-refractivity contribution is -0.387. The number of carbonyl (C=O) groups excluding carboxylic acids is 1. The zero-order valence-electron chi connectivity index (χ0n) is 15.9. The normalized spacial score (nSPS) is 21.9. The van der Waals surface area contributed by atoms with Gasteiger partial charge in [0.05, 0.1) is 9.82 Å². The van der Waals surface area contributed by atoms with Gasteiger partial charge in [-0.1, -0.05) is 38.5 Å². The Kier molecular flexibility index (Phi) is 6.34.